The highest BCUT2D eigenvalue weighted by Gasteiger charge is 2.23. The van der Waals surface area contributed by atoms with Crippen LogP contribution in [0.15, 0.2) is 42.5 Å². The molecule has 1 atom stereocenters. The summed E-state index contributed by atoms with van der Waals surface area (Å²) in [5, 5.41) is 2.79. The van der Waals surface area contributed by atoms with Gasteiger partial charge < -0.3 is 11.1 Å². The van der Waals surface area contributed by atoms with Crippen LogP contribution < -0.4 is 11.1 Å². The number of aryl methyl sites for hydroxylation is 2. The summed E-state index contributed by atoms with van der Waals surface area (Å²) in [6.07, 6.45) is 0. The van der Waals surface area contributed by atoms with Crippen molar-refractivity contribution in [2.45, 2.75) is 19.8 Å². The van der Waals surface area contributed by atoms with E-state index in [-0.39, 0.29) is 10.9 Å². The number of hydrogen-bond donors (Lipinski definition) is 2. The van der Waals surface area contributed by atoms with Gasteiger partial charge in [-0.2, -0.15) is 0 Å². The fourth-order valence-corrected chi connectivity index (χ4v) is 2.44. The Bertz CT molecular complexity index is 650. The number of rotatable bonds is 4. The molecule has 0 spiro atoms. The quantitative estimate of drug-likeness (QED) is 0.852. The molecule has 108 valence electrons. The lowest BCUT2D eigenvalue weighted by Gasteiger charge is -2.16. The van der Waals surface area contributed by atoms with E-state index in [1.165, 1.54) is 0 Å². The predicted molar refractivity (Wildman–Crippen MR) is 88.3 cm³/mol. The number of nitrogens with two attached hydrogens (primary N) is 1. The van der Waals surface area contributed by atoms with Gasteiger partial charge in [-0.1, -0.05) is 42.5 Å². The normalized spacial score (nSPS) is 11.7. The van der Waals surface area contributed by atoms with Gasteiger partial charge in [-0.05, 0) is 37.1 Å². The summed E-state index contributed by atoms with van der Waals surface area (Å²) in [5.41, 5.74) is 8.38. The first-order chi connectivity index (χ1) is 9.97. The van der Waals surface area contributed by atoms with Crippen LogP contribution in [-0.2, 0) is 4.79 Å². The number of anilines is 1. The second kappa shape index (κ2) is 6.45. The molecule has 0 saturated heterocycles. The molecule has 2 aromatic rings. The van der Waals surface area contributed by atoms with Gasteiger partial charge in [-0.3, -0.25) is 4.79 Å². The largest absolute Gasteiger partial charge is 0.392 e. The van der Waals surface area contributed by atoms with E-state index in [4.69, 9.17) is 18.0 Å². The molecule has 0 aliphatic rings. The number of nitrogens with zero attached hydrogens (tertiary/aromatic N) is 1. The van der Waals surface area contributed by atoms with Crippen molar-refractivity contribution < 1.29 is 4.79 Å². The van der Waals surface area contributed by atoms with Crippen molar-refractivity contribution in [3.63, 3.8) is 0 Å². The molecule has 1 unspecified atom stereocenters. The lowest BCUT2D eigenvalue weighted by Crippen LogP contribution is -2.31. The van der Waals surface area contributed by atoms with Gasteiger partial charge in [-0.25, -0.2) is 4.98 Å². The van der Waals surface area contributed by atoms with Gasteiger partial charge >= 0.3 is 0 Å². The maximum Gasteiger partial charge on any atom is 0.239 e. The first-order valence-electron chi connectivity index (χ1n) is 6.58. The maximum atomic E-state index is 12.5. The van der Waals surface area contributed by atoms with E-state index in [9.17, 15) is 4.79 Å². The summed E-state index contributed by atoms with van der Waals surface area (Å²) in [6, 6.07) is 13.0. The predicted octanol–water partition coefficient (Wildman–Crippen LogP) is 2.71. The molecule has 1 heterocycles. The van der Waals surface area contributed by atoms with E-state index >= 15 is 0 Å². The maximum absolute atomic E-state index is 12.5. The highest BCUT2D eigenvalue weighted by Crippen LogP contribution is 2.19. The fourth-order valence-electron chi connectivity index (χ4n) is 2.19. The Morgan fingerprint density at radius 2 is 1.90 bits per heavy atom. The van der Waals surface area contributed by atoms with Crippen molar-refractivity contribution in [2.24, 2.45) is 5.73 Å². The van der Waals surface area contributed by atoms with Crippen LogP contribution in [0.3, 0.4) is 0 Å². The van der Waals surface area contributed by atoms with Crippen LogP contribution in [0.25, 0.3) is 0 Å². The van der Waals surface area contributed by atoms with E-state index in [1.807, 2.05) is 56.3 Å². The molecule has 0 aliphatic carbocycles. The molecule has 21 heavy (non-hydrogen) atoms. The van der Waals surface area contributed by atoms with Crippen LogP contribution in [0, 0.1) is 13.8 Å². The molecule has 1 aromatic heterocycles. The Morgan fingerprint density at radius 3 is 2.48 bits per heavy atom. The number of thiocarbonyl (C=S) groups is 1. The third kappa shape index (κ3) is 3.86. The summed E-state index contributed by atoms with van der Waals surface area (Å²) >= 11 is 5.04. The first kappa shape index (κ1) is 15.1. The number of nitrogens with one attached hydrogen (secondary N) is 1. The average Bonchev–Trinajstić information content (AvgIpc) is 2.38. The number of amides is 1. The van der Waals surface area contributed by atoms with E-state index < -0.39 is 5.92 Å². The van der Waals surface area contributed by atoms with Crippen molar-refractivity contribution in [1.82, 2.24) is 4.98 Å². The molecule has 4 nitrogen and oxygen atoms in total. The molecule has 0 saturated carbocycles. The molecule has 0 bridgehead atoms. The summed E-state index contributed by atoms with van der Waals surface area (Å²) < 4.78 is 0. The lowest BCUT2D eigenvalue weighted by atomic mass is 9.98. The average molecular weight is 299 g/mol. The smallest absolute Gasteiger partial charge is 0.239 e. The number of carbonyl (C=O) groups is 1. The lowest BCUT2D eigenvalue weighted by molar-refractivity contribution is -0.116. The number of hydrogen-bond acceptors (Lipinski definition) is 3. The monoisotopic (exact) mass is 299 g/mol. The van der Waals surface area contributed by atoms with E-state index in [1.54, 1.807) is 0 Å². The highest BCUT2D eigenvalue weighted by molar-refractivity contribution is 7.80. The van der Waals surface area contributed by atoms with Gasteiger partial charge in [0.05, 0.1) is 4.99 Å². The van der Waals surface area contributed by atoms with Crippen LogP contribution in [0.5, 0.6) is 0 Å². The second-order valence-corrected chi connectivity index (χ2v) is 5.38. The highest BCUT2D eigenvalue weighted by atomic mass is 32.1. The third-order valence-corrected chi connectivity index (χ3v) is 3.26. The van der Waals surface area contributed by atoms with Crippen molar-refractivity contribution in [1.29, 1.82) is 0 Å². The number of aromatic nitrogens is 1. The Hall–Kier alpha value is -2.27. The van der Waals surface area contributed by atoms with Gasteiger partial charge in [0.2, 0.25) is 5.91 Å². The second-order valence-electron chi connectivity index (χ2n) is 4.91. The van der Waals surface area contributed by atoms with Crippen LogP contribution in [0.4, 0.5) is 5.82 Å². The minimum atomic E-state index is -0.663. The summed E-state index contributed by atoms with van der Waals surface area (Å²) in [7, 11) is 0. The van der Waals surface area contributed by atoms with Crippen LogP contribution in [0.1, 0.15) is 22.7 Å². The van der Waals surface area contributed by atoms with Gasteiger partial charge in [-0.15, -0.1) is 0 Å². The third-order valence-electron chi connectivity index (χ3n) is 3.03. The number of pyridine rings is 1. The molecular weight excluding hydrogens is 282 g/mol. The van der Waals surface area contributed by atoms with Crippen molar-refractivity contribution in [3.05, 3.63) is 59.3 Å². The molecular formula is C16H17N3OS. The Labute approximate surface area is 129 Å². The van der Waals surface area contributed by atoms with Crippen molar-refractivity contribution in [3.8, 4) is 0 Å². The molecule has 0 radical (unpaired) electrons. The van der Waals surface area contributed by atoms with Crippen LogP contribution in [-0.4, -0.2) is 15.9 Å². The SMILES string of the molecule is Cc1cc(C)nc(NC(=O)C(C(N)=S)c2ccccc2)c1. The van der Waals surface area contributed by atoms with Gasteiger partial charge in [0.15, 0.2) is 0 Å². The molecule has 0 fully saturated rings. The molecule has 3 N–H and O–H groups in total. The molecule has 5 heteroatoms. The first-order valence-corrected chi connectivity index (χ1v) is 6.98. The molecule has 1 aromatic carbocycles. The summed E-state index contributed by atoms with van der Waals surface area (Å²) in [5.74, 6) is -0.426. The van der Waals surface area contributed by atoms with E-state index in [2.05, 4.69) is 10.3 Å². The summed E-state index contributed by atoms with van der Waals surface area (Å²) in [6.45, 7) is 3.83. The Morgan fingerprint density at radius 1 is 1.24 bits per heavy atom. The fraction of sp³-hybridized carbons (Fsp3) is 0.188. The Kier molecular flexibility index (Phi) is 4.65. The molecule has 2 rings (SSSR count). The Balaban J connectivity index is 2.26. The number of benzene rings is 1. The minimum absolute atomic E-state index is 0.142. The van der Waals surface area contributed by atoms with Crippen LogP contribution in [0.2, 0.25) is 0 Å². The minimum Gasteiger partial charge on any atom is -0.392 e. The standard InChI is InChI=1S/C16H17N3OS/c1-10-8-11(2)18-13(9-10)19-16(20)14(15(17)21)12-6-4-3-5-7-12/h3-9,14H,1-2H3,(H2,17,21)(H,18,19,20). The van der Waals surface area contributed by atoms with Crippen molar-refractivity contribution >= 4 is 28.9 Å². The van der Waals surface area contributed by atoms with Crippen molar-refractivity contribution in [2.75, 3.05) is 5.32 Å². The summed E-state index contributed by atoms with van der Waals surface area (Å²) in [4.78, 5) is 16.9. The molecule has 0 aliphatic heterocycles. The topological polar surface area (TPSA) is 68.0 Å². The van der Waals surface area contributed by atoms with E-state index in [0.29, 0.717) is 5.82 Å². The zero-order chi connectivity index (χ0) is 15.4. The van der Waals surface area contributed by atoms with Crippen LogP contribution >= 0.6 is 12.2 Å². The number of carbonyl (C=O) groups excluding carboxylic acids is 1. The van der Waals surface area contributed by atoms with Gasteiger partial charge in [0.25, 0.3) is 0 Å². The van der Waals surface area contributed by atoms with Gasteiger partial charge in [0.1, 0.15) is 11.7 Å². The molecule has 1 amide bonds. The zero-order valence-corrected chi connectivity index (χ0v) is 12.8. The van der Waals surface area contributed by atoms with E-state index in [0.717, 1.165) is 16.8 Å². The van der Waals surface area contributed by atoms with Gasteiger partial charge in [0, 0.05) is 5.69 Å². The zero-order valence-electron chi connectivity index (χ0n) is 12.0.